The van der Waals surface area contributed by atoms with Crippen molar-refractivity contribution in [2.24, 2.45) is 0 Å². The number of nitrogens with zero attached hydrogens (tertiary/aromatic N) is 3. The van der Waals surface area contributed by atoms with Gasteiger partial charge in [0.2, 0.25) is 5.82 Å². The van der Waals surface area contributed by atoms with Gasteiger partial charge in [-0.25, -0.2) is 13.6 Å². The van der Waals surface area contributed by atoms with E-state index in [1.165, 1.54) is 60.5 Å². The maximum absolute atomic E-state index is 14.0. The third-order valence-electron chi connectivity index (χ3n) is 5.85. The number of phenolic OH excluding ortho intramolecular Hbond substituents is 1. The predicted molar refractivity (Wildman–Crippen MR) is 127 cm³/mol. The number of carbonyl (C=O) groups excluding carboxylic acids is 1. The minimum atomic E-state index is -0.791. The second-order valence-electron chi connectivity index (χ2n) is 8.06. The van der Waals surface area contributed by atoms with Crippen LogP contribution in [-0.2, 0) is 0 Å². The molecule has 0 aliphatic carbocycles. The van der Waals surface area contributed by atoms with Crippen molar-refractivity contribution < 1.29 is 27.9 Å². The number of nitrogens with one attached hydrogen (secondary N) is 1. The Kier molecular flexibility index (Phi) is 5.85. The number of methoxy groups -OCH3 is 1. The van der Waals surface area contributed by atoms with Crippen LogP contribution in [0.15, 0.2) is 77.0 Å². The van der Waals surface area contributed by atoms with Crippen LogP contribution in [-0.4, -0.2) is 28.4 Å². The third-order valence-corrected chi connectivity index (χ3v) is 5.85. The van der Waals surface area contributed by atoms with Gasteiger partial charge in [0.1, 0.15) is 11.6 Å². The first-order valence-electron chi connectivity index (χ1n) is 10.9. The molecular formula is C26H20F2N4O4. The van der Waals surface area contributed by atoms with E-state index in [1.807, 2.05) is 0 Å². The van der Waals surface area contributed by atoms with Gasteiger partial charge in [-0.2, -0.15) is 4.98 Å². The average Bonchev–Trinajstić information content (AvgIpc) is 3.34. The lowest BCUT2D eigenvalue weighted by molar-refractivity contribution is 0.244. The zero-order valence-electron chi connectivity index (χ0n) is 19.2. The third kappa shape index (κ3) is 4.13. The van der Waals surface area contributed by atoms with Gasteiger partial charge in [-0.15, -0.1) is 0 Å². The Morgan fingerprint density at radius 2 is 1.83 bits per heavy atom. The van der Waals surface area contributed by atoms with Crippen molar-refractivity contribution in [2.45, 2.75) is 13.0 Å². The number of carbonyl (C=O) groups is 1. The van der Waals surface area contributed by atoms with Gasteiger partial charge < -0.3 is 19.7 Å². The summed E-state index contributed by atoms with van der Waals surface area (Å²) < 4.78 is 38.1. The number of phenols is 1. The van der Waals surface area contributed by atoms with Crippen molar-refractivity contribution in [1.29, 1.82) is 0 Å². The molecule has 1 unspecified atom stereocenters. The summed E-state index contributed by atoms with van der Waals surface area (Å²) in [5, 5.41) is 17.3. The Bertz CT molecular complexity index is 1480. The number of ether oxygens (including phenoxy) is 1. The Morgan fingerprint density at radius 3 is 2.53 bits per heavy atom. The smallest absolute Gasteiger partial charge is 0.327 e. The number of aromatic hydroxyl groups is 1. The highest BCUT2D eigenvalue weighted by Crippen LogP contribution is 2.41. The van der Waals surface area contributed by atoms with Crippen LogP contribution in [0.3, 0.4) is 0 Å². The molecule has 1 aromatic heterocycles. The molecular weight excluding hydrogens is 470 g/mol. The predicted octanol–water partition coefficient (Wildman–Crippen LogP) is 5.43. The van der Waals surface area contributed by atoms with Crippen molar-refractivity contribution in [1.82, 2.24) is 15.5 Å². The highest BCUT2D eigenvalue weighted by atomic mass is 19.1. The number of amides is 2. The van der Waals surface area contributed by atoms with E-state index < -0.39 is 23.7 Å². The number of rotatable bonds is 5. The molecule has 4 aromatic rings. The van der Waals surface area contributed by atoms with Gasteiger partial charge in [0.15, 0.2) is 11.5 Å². The first-order valence-corrected chi connectivity index (χ1v) is 10.9. The van der Waals surface area contributed by atoms with E-state index >= 15 is 0 Å². The second kappa shape index (κ2) is 9.14. The van der Waals surface area contributed by atoms with Crippen LogP contribution >= 0.6 is 0 Å². The number of allylic oxidation sites excluding steroid dienone is 1. The minimum absolute atomic E-state index is 0.0912. The number of aromatic nitrogens is 2. The molecule has 0 spiro atoms. The van der Waals surface area contributed by atoms with Crippen molar-refractivity contribution in [3.05, 3.63) is 95.5 Å². The van der Waals surface area contributed by atoms with E-state index in [-0.39, 0.29) is 23.2 Å². The summed E-state index contributed by atoms with van der Waals surface area (Å²) in [6.07, 6.45) is 0. The molecule has 36 heavy (non-hydrogen) atoms. The van der Waals surface area contributed by atoms with Crippen LogP contribution in [0, 0.1) is 11.6 Å². The van der Waals surface area contributed by atoms with E-state index in [0.717, 1.165) is 0 Å². The van der Waals surface area contributed by atoms with Gasteiger partial charge in [-0.05, 0) is 67.1 Å². The van der Waals surface area contributed by atoms with Gasteiger partial charge in [-0.3, -0.25) is 4.90 Å². The van der Waals surface area contributed by atoms with Crippen LogP contribution in [0.5, 0.6) is 11.5 Å². The fourth-order valence-corrected chi connectivity index (χ4v) is 4.13. The average molecular weight is 490 g/mol. The molecule has 2 N–H and O–H groups in total. The number of benzene rings is 3. The Labute approximate surface area is 204 Å². The summed E-state index contributed by atoms with van der Waals surface area (Å²) in [6, 6.07) is 14.6. The topological polar surface area (TPSA) is 101 Å². The maximum Gasteiger partial charge on any atom is 0.327 e. The first kappa shape index (κ1) is 23.0. The second-order valence-corrected chi connectivity index (χ2v) is 8.06. The molecule has 1 atom stereocenters. The summed E-state index contributed by atoms with van der Waals surface area (Å²) in [5.41, 5.74) is 2.21. The van der Waals surface area contributed by atoms with E-state index in [0.29, 0.717) is 28.1 Å². The Balaban J connectivity index is 1.66. The van der Waals surface area contributed by atoms with Gasteiger partial charge in [0, 0.05) is 11.3 Å². The molecule has 3 aromatic carbocycles. The van der Waals surface area contributed by atoms with Crippen LogP contribution < -0.4 is 15.0 Å². The zero-order chi connectivity index (χ0) is 25.4. The summed E-state index contributed by atoms with van der Waals surface area (Å²) >= 11 is 0. The molecule has 1 aliphatic heterocycles. The molecule has 0 bridgehead atoms. The van der Waals surface area contributed by atoms with Crippen LogP contribution in [0.2, 0.25) is 0 Å². The van der Waals surface area contributed by atoms with Crippen LogP contribution in [0.25, 0.3) is 17.0 Å². The lowest BCUT2D eigenvalue weighted by atomic mass is 9.94. The largest absolute Gasteiger partial charge is 0.504 e. The van der Waals surface area contributed by atoms with Gasteiger partial charge in [0.25, 0.3) is 5.89 Å². The molecule has 0 radical (unpaired) electrons. The molecule has 2 heterocycles. The maximum atomic E-state index is 14.0. The van der Waals surface area contributed by atoms with Crippen molar-refractivity contribution >= 4 is 17.3 Å². The molecule has 0 saturated heterocycles. The highest BCUT2D eigenvalue weighted by molar-refractivity contribution is 6.01. The number of anilines is 1. The molecule has 0 fully saturated rings. The summed E-state index contributed by atoms with van der Waals surface area (Å²) in [7, 11) is 1.43. The fourth-order valence-electron chi connectivity index (χ4n) is 4.13. The van der Waals surface area contributed by atoms with Crippen molar-refractivity contribution in [3.8, 4) is 22.9 Å². The van der Waals surface area contributed by atoms with Gasteiger partial charge in [0.05, 0.1) is 24.4 Å². The molecule has 1 aliphatic rings. The molecule has 0 saturated carbocycles. The monoisotopic (exact) mass is 490 g/mol. The van der Waals surface area contributed by atoms with Crippen LogP contribution in [0.4, 0.5) is 19.3 Å². The molecule has 5 rings (SSSR count). The highest BCUT2D eigenvalue weighted by Gasteiger charge is 2.37. The standard InChI is InChI=1S/C26H20F2N4O4/c1-14-22(25-30-24(31-36-25)15-6-9-17(27)10-7-15)23(16-8-11-21(35-2)20(33)12-16)29-26(34)32(14)19-5-3-4-18(28)13-19/h3-13,23,33H,1-2H3,(H,29,34). The number of hydrogen-bond acceptors (Lipinski definition) is 6. The van der Waals surface area contributed by atoms with Crippen molar-refractivity contribution in [2.75, 3.05) is 12.0 Å². The van der Waals surface area contributed by atoms with E-state index in [2.05, 4.69) is 15.5 Å². The number of urea groups is 1. The first-order chi connectivity index (χ1) is 17.4. The normalized spacial score (nSPS) is 15.7. The molecule has 2 amide bonds. The molecule has 8 nitrogen and oxygen atoms in total. The van der Waals surface area contributed by atoms with Crippen LogP contribution in [0.1, 0.15) is 24.4 Å². The Morgan fingerprint density at radius 1 is 1.06 bits per heavy atom. The quantitative estimate of drug-likeness (QED) is 0.387. The lowest BCUT2D eigenvalue weighted by Crippen LogP contribution is -2.46. The van der Waals surface area contributed by atoms with E-state index in [1.54, 1.807) is 25.1 Å². The van der Waals surface area contributed by atoms with E-state index in [9.17, 15) is 18.7 Å². The SMILES string of the molecule is COc1ccc(C2NC(=O)N(c3cccc(F)c3)C(C)=C2c2nc(-c3ccc(F)cc3)no2)cc1O. The van der Waals surface area contributed by atoms with Crippen molar-refractivity contribution in [3.63, 3.8) is 0 Å². The minimum Gasteiger partial charge on any atom is -0.504 e. The lowest BCUT2D eigenvalue weighted by Gasteiger charge is -2.35. The molecule has 10 heteroatoms. The molecule has 182 valence electrons. The number of hydrogen-bond donors (Lipinski definition) is 2. The van der Waals surface area contributed by atoms with E-state index in [4.69, 9.17) is 9.26 Å². The zero-order valence-corrected chi connectivity index (χ0v) is 19.2. The summed E-state index contributed by atoms with van der Waals surface area (Å²) in [4.78, 5) is 19.0. The van der Waals surface area contributed by atoms with Gasteiger partial charge in [-0.1, -0.05) is 17.3 Å². The Hall–Kier alpha value is -4.73. The number of halogens is 2. The summed E-state index contributed by atoms with van der Waals surface area (Å²) in [6.45, 7) is 1.68. The van der Waals surface area contributed by atoms with Gasteiger partial charge >= 0.3 is 6.03 Å². The summed E-state index contributed by atoms with van der Waals surface area (Å²) in [5.74, 6) is -0.453. The fraction of sp³-hybridized carbons (Fsp3) is 0.115.